The molecule has 1 aromatic carbocycles. The van der Waals surface area contributed by atoms with Gasteiger partial charge in [-0.2, -0.15) is 0 Å². The van der Waals surface area contributed by atoms with E-state index in [0.717, 1.165) is 37.0 Å². The molecule has 0 saturated carbocycles. The zero-order valence-corrected chi connectivity index (χ0v) is 18.3. The van der Waals surface area contributed by atoms with Crippen molar-refractivity contribution in [3.05, 3.63) is 51.9 Å². The number of aromatic nitrogens is 1. The van der Waals surface area contributed by atoms with Gasteiger partial charge in [0.05, 0.1) is 21.3 Å². The van der Waals surface area contributed by atoms with Gasteiger partial charge in [0.25, 0.3) is 0 Å². The number of allylic oxidation sites excluding steroid dienone is 1. The highest BCUT2D eigenvalue weighted by Gasteiger charge is 2.24. The summed E-state index contributed by atoms with van der Waals surface area (Å²) in [5.74, 6) is -0.888. The minimum absolute atomic E-state index is 0.00953. The summed E-state index contributed by atoms with van der Waals surface area (Å²) in [6.07, 6.45) is 4.64. The molecule has 2 heterocycles. The maximum atomic E-state index is 14.5. The number of thiazole rings is 1. The van der Waals surface area contributed by atoms with E-state index in [1.165, 1.54) is 35.6 Å². The first-order chi connectivity index (χ1) is 14.8. The van der Waals surface area contributed by atoms with Gasteiger partial charge in [0, 0.05) is 23.5 Å². The van der Waals surface area contributed by atoms with Gasteiger partial charge in [-0.1, -0.05) is 13.8 Å². The fourth-order valence-electron chi connectivity index (χ4n) is 3.17. The zero-order chi connectivity index (χ0) is 22.5. The summed E-state index contributed by atoms with van der Waals surface area (Å²) >= 11 is 1.35. The van der Waals surface area contributed by atoms with Crippen molar-refractivity contribution in [1.29, 1.82) is 10.8 Å². The molecule has 0 unspecified atom stereocenters. The van der Waals surface area contributed by atoms with Gasteiger partial charge in [0.2, 0.25) is 0 Å². The summed E-state index contributed by atoms with van der Waals surface area (Å²) in [7, 11) is 0. The average molecular weight is 445 g/mol. The number of rotatable bonds is 6. The second-order valence-electron chi connectivity index (χ2n) is 7.70. The summed E-state index contributed by atoms with van der Waals surface area (Å²) in [6, 6.07) is 3.35. The lowest BCUT2D eigenvalue weighted by Gasteiger charge is -2.20. The third kappa shape index (κ3) is 5.68. The van der Waals surface area contributed by atoms with Crippen molar-refractivity contribution in [3.8, 4) is 11.3 Å². The van der Waals surface area contributed by atoms with Crippen LogP contribution in [0, 0.1) is 28.4 Å². The van der Waals surface area contributed by atoms with Crippen molar-refractivity contribution in [2.75, 3.05) is 13.1 Å². The Morgan fingerprint density at radius 3 is 2.61 bits per heavy atom. The molecule has 31 heavy (non-hydrogen) atoms. The van der Waals surface area contributed by atoms with E-state index < -0.39 is 11.6 Å². The Kier molecular flexibility index (Phi) is 7.40. The van der Waals surface area contributed by atoms with E-state index in [2.05, 4.69) is 15.3 Å². The first kappa shape index (κ1) is 22.9. The SMILES string of the molecule is CC(C)C(N)=NC(=N)/C=C\C(=N)c1sc(C2CCNCC2)nc1-c1ccc(F)cc1F. The van der Waals surface area contributed by atoms with E-state index >= 15 is 0 Å². The van der Waals surface area contributed by atoms with Gasteiger partial charge < -0.3 is 11.1 Å². The zero-order valence-electron chi connectivity index (χ0n) is 17.5. The number of halogens is 2. The van der Waals surface area contributed by atoms with Crippen LogP contribution in [0.3, 0.4) is 0 Å². The molecule has 5 N–H and O–H groups in total. The number of amidine groups is 2. The van der Waals surface area contributed by atoms with Crippen molar-refractivity contribution < 1.29 is 8.78 Å². The van der Waals surface area contributed by atoms with Crippen molar-refractivity contribution in [3.63, 3.8) is 0 Å². The molecule has 164 valence electrons. The Balaban J connectivity index is 1.96. The molecule has 1 aliphatic rings. The van der Waals surface area contributed by atoms with E-state index in [1.54, 1.807) is 0 Å². The number of nitrogens with one attached hydrogen (secondary N) is 3. The number of hydrogen-bond acceptors (Lipinski definition) is 5. The lowest BCUT2D eigenvalue weighted by molar-refractivity contribution is 0.459. The summed E-state index contributed by atoms with van der Waals surface area (Å²) in [5, 5.41) is 20.6. The quantitative estimate of drug-likeness (QED) is 0.390. The minimum Gasteiger partial charge on any atom is -0.387 e. The minimum atomic E-state index is -0.720. The molecular weight excluding hydrogens is 418 g/mol. The van der Waals surface area contributed by atoms with Crippen LogP contribution in [0.4, 0.5) is 8.78 Å². The first-order valence-electron chi connectivity index (χ1n) is 10.1. The molecule has 9 heteroatoms. The number of benzene rings is 1. The molecule has 0 radical (unpaired) electrons. The summed E-state index contributed by atoms with van der Waals surface area (Å²) in [4.78, 5) is 9.14. The summed E-state index contributed by atoms with van der Waals surface area (Å²) < 4.78 is 27.9. The Hall–Kier alpha value is -2.78. The van der Waals surface area contributed by atoms with E-state index in [1.807, 2.05) is 13.8 Å². The van der Waals surface area contributed by atoms with Crippen LogP contribution in [-0.4, -0.2) is 35.5 Å². The molecule has 3 rings (SSSR count). The predicted octanol–water partition coefficient (Wildman–Crippen LogP) is 4.47. The van der Waals surface area contributed by atoms with Crippen molar-refractivity contribution >= 4 is 28.7 Å². The lowest BCUT2D eigenvalue weighted by atomic mass is 9.99. The molecule has 2 aromatic rings. The van der Waals surface area contributed by atoms with Gasteiger partial charge >= 0.3 is 0 Å². The lowest BCUT2D eigenvalue weighted by Crippen LogP contribution is -2.26. The molecule has 1 saturated heterocycles. The molecule has 0 spiro atoms. The van der Waals surface area contributed by atoms with E-state index in [9.17, 15) is 8.78 Å². The van der Waals surface area contributed by atoms with Crippen molar-refractivity contribution in [2.45, 2.75) is 32.6 Å². The highest BCUT2D eigenvalue weighted by molar-refractivity contribution is 7.14. The summed E-state index contributed by atoms with van der Waals surface area (Å²) in [6.45, 7) is 5.51. The van der Waals surface area contributed by atoms with E-state index in [0.29, 0.717) is 16.4 Å². The van der Waals surface area contributed by atoms with Gasteiger partial charge in [0.15, 0.2) is 0 Å². The first-order valence-corrected chi connectivity index (χ1v) is 10.9. The molecule has 6 nitrogen and oxygen atoms in total. The van der Waals surface area contributed by atoms with Crippen molar-refractivity contribution in [2.24, 2.45) is 16.6 Å². The topological polar surface area (TPSA) is 111 Å². The molecule has 1 aromatic heterocycles. The number of nitrogens with zero attached hydrogens (tertiary/aromatic N) is 2. The third-order valence-corrected chi connectivity index (χ3v) is 6.26. The maximum absolute atomic E-state index is 14.5. The van der Waals surface area contributed by atoms with Gasteiger partial charge in [-0.15, -0.1) is 11.3 Å². The van der Waals surface area contributed by atoms with Crippen LogP contribution in [0.1, 0.15) is 42.5 Å². The Labute approximate surface area is 184 Å². The van der Waals surface area contributed by atoms with Crippen LogP contribution in [0.2, 0.25) is 0 Å². The Morgan fingerprint density at radius 2 is 1.97 bits per heavy atom. The predicted molar refractivity (Wildman–Crippen MR) is 122 cm³/mol. The van der Waals surface area contributed by atoms with Crippen LogP contribution in [0.15, 0.2) is 35.3 Å². The smallest absolute Gasteiger partial charge is 0.146 e. The average Bonchev–Trinajstić information content (AvgIpc) is 3.17. The monoisotopic (exact) mass is 444 g/mol. The number of piperidine rings is 1. The van der Waals surface area contributed by atoms with E-state index in [-0.39, 0.29) is 28.9 Å². The third-order valence-electron chi connectivity index (χ3n) is 5.01. The highest BCUT2D eigenvalue weighted by atomic mass is 32.1. The molecule has 0 atom stereocenters. The molecule has 0 aliphatic carbocycles. The fraction of sp³-hybridized carbons (Fsp3) is 0.364. The number of hydrogen-bond donors (Lipinski definition) is 4. The van der Waals surface area contributed by atoms with Crippen LogP contribution >= 0.6 is 11.3 Å². The molecule has 0 bridgehead atoms. The normalized spacial score (nSPS) is 15.7. The standard InChI is InChI=1S/C22H26F2N6S/c1-12(2)21(27)29-18(26)6-5-17(25)20-19(15-4-3-14(23)11-16(15)24)30-22(31-20)13-7-9-28-10-8-13/h3-6,11-13,25,28H,7-10H2,1-2H3,(H3,26,27,29)/b6-5-,25-17?. The second-order valence-corrected chi connectivity index (χ2v) is 8.73. The molecule has 0 amide bonds. The fourth-order valence-corrected chi connectivity index (χ4v) is 4.35. The van der Waals surface area contributed by atoms with Crippen LogP contribution < -0.4 is 11.1 Å². The Bertz CT molecular complexity index is 1030. The highest BCUT2D eigenvalue weighted by Crippen LogP contribution is 2.36. The molecule has 1 fully saturated rings. The number of nitrogens with two attached hydrogens (primary N) is 1. The largest absolute Gasteiger partial charge is 0.387 e. The van der Waals surface area contributed by atoms with Gasteiger partial charge in [-0.05, 0) is 50.2 Å². The van der Waals surface area contributed by atoms with Crippen LogP contribution in [0.25, 0.3) is 11.3 Å². The van der Waals surface area contributed by atoms with Crippen molar-refractivity contribution in [1.82, 2.24) is 10.3 Å². The van der Waals surface area contributed by atoms with Gasteiger partial charge in [-0.3, -0.25) is 10.8 Å². The molecule has 1 aliphatic heterocycles. The van der Waals surface area contributed by atoms with Crippen LogP contribution in [-0.2, 0) is 0 Å². The van der Waals surface area contributed by atoms with Gasteiger partial charge in [-0.25, -0.2) is 18.8 Å². The molecular formula is C22H26F2N6S. The second kappa shape index (κ2) is 10.0. The Morgan fingerprint density at radius 1 is 1.26 bits per heavy atom. The van der Waals surface area contributed by atoms with Crippen LogP contribution in [0.5, 0.6) is 0 Å². The summed E-state index contributed by atoms with van der Waals surface area (Å²) in [5.41, 5.74) is 6.35. The van der Waals surface area contributed by atoms with Gasteiger partial charge in [0.1, 0.15) is 23.3 Å². The number of aliphatic imine (C=N–C) groups is 1. The van der Waals surface area contributed by atoms with E-state index in [4.69, 9.17) is 16.6 Å². The maximum Gasteiger partial charge on any atom is 0.146 e.